The van der Waals surface area contributed by atoms with Crippen molar-refractivity contribution in [3.05, 3.63) is 12.3 Å². The number of allylic oxidation sites excluding steroid dienone is 1. The molecule has 3 heteroatoms. The molecule has 1 rings (SSSR count). The Morgan fingerprint density at radius 1 is 1.58 bits per heavy atom. The Hall–Kier alpha value is -0.830. The Morgan fingerprint density at radius 2 is 2.08 bits per heavy atom. The fourth-order valence-electron chi connectivity index (χ4n) is 1.42. The van der Waals surface area contributed by atoms with E-state index in [0.29, 0.717) is 6.42 Å². The zero-order valence-electron chi connectivity index (χ0n) is 7.92. The summed E-state index contributed by atoms with van der Waals surface area (Å²) in [6, 6.07) is 0. The lowest BCUT2D eigenvalue weighted by molar-refractivity contribution is -0.133. The molecule has 1 fully saturated rings. The molecule has 1 saturated heterocycles. The van der Waals surface area contributed by atoms with E-state index in [1.54, 1.807) is 0 Å². The summed E-state index contributed by atoms with van der Waals surface area (Å²) < 4.78 is 0. The van der Waals surface area contributed by atoms with Gasteiger partial charge in [-0.1, -0.05) is 27.4 Å². The minimum absolute atomic E-state index is 0.00463. The van der Waals surface area contributed by atoms with Crippen molar-refractivity contribution in [3.8, 4) is 0 Å². The van der Waals surface area contributed by atoms with Crippen LogP contribution in [0.3, 0.4) is 0 Å². The Balaban J connectivity index is 2.86. The minimum atomic E-state index is -0.0197. The van der Waals surface area contributed by atoms with E-state index in [0.717, 1.165) is 5.70 Å². The first-order valence-corrected chi connectivity index (χ1v) is 4.10. The number of carbonyl (C=O) groups excluding carboxylic acids is 1. The predicted molar refractivity (Wildman–Crippen MR) is 47.7 cm³/mol. The fourth-order valence-corrected chi connectivity index (χ4v) is 1.42. The zero-order valence-corrected chi connectivity index (χ0v) is 7.92. The average Bonchev–Trinajstić information content (AvgIpc) is 2.15. The highest BCUT2D eigenvalue weighted by Gasteiger charge is 2.40. The van der Waals surface area contributed by atoms with Crippen LogP contribution in [-0.4, -0.2) is 10.9 Å². The first-order valence-electron chi connectivity index (χ1n) is 4.10. The number of nitrogens with two attached hydrogens (primary N) is 1. The van der Waals surface area contributed by atoms with Crippen LogP contribution in [0.1, 0.15) is 27.2 Å². The first-order chi connectivity index (χ1) is 5.34. The number of hydrogen-bond donors (Lipinski definition) is 1. The number of carbonyl (C=O) groups is 1. The van der Waals surface area contributed by atoms with Gasteiger partial charge in [0.1, 0.15) is 0 Å². The van der Waals surface area contributed by atoms with Crippen LogP contribution in [0.15, 0.2) is 12.3 Å². The van der Waals surface area contributed by atoms with Crippen molar-refractivity contribution in [3.63, 3.8) is 0 Å². The molecule has 1 unspecified atom stereocenters. The lowest BCUT2D eigenvalue weighted by atomic mass is 9.79. The highest BCUT2D eigenvalue weighted by atomic mass is 16.2. The summed E-state index contributed by atoms with van der Waals surface area (Å²) >= 11 is 0. The third kappa shape index (κ3) is 1.37. The van der Waals surface area contributed by atoms with Gasteiger partial charge in [0.05, 0.1) is 5.92 Å². The standard InChI is InChI=1S/C9H16N2O/c1-6-5-7(9(2,3)4)8(12)11(6)10/h7H,1,5,10H2,2-4H3. The fraction of sp³-hybridized carbons (Fsp3) is 0.667. The highest BCUT2D eigenvalue weighted by molar-refractivity contribution is 5.83. The maximum Gasteiger partial charge on any atom is 0.244 e. The second-order valence-electron chi connectivity index (χ2n) is 4.40. The number of nitrogens with zero attached hydrogens (tertiary/aromatic N) is 1. The predicted octanol–water partition coefficient (Wildman–Crippen LogP) is 1.27. The third-order valence-corrected chi connectivity index (χ3v) is 2.36. The van der Waals surface area contributed by atoms with E-state index < -0.39 is 0 Å². The monoisotopic (exact) mass is 168 g/mol. The molecular formula is C9H16N2O. The lowest BCUT2D eigenvalue weighted by Crippen LogP contribution is -2.36. The van der Waals surface area contributed by atoms with Crippen molar-refractivity contribution in [2.24, 2.45) is 17.2 Å². The maximum absolute atomic E-state index is 11.5. The molecule has 1 aliphatic heterocycles. The van der Waals surface area contributed by atoms with Crippen molar-refractivity contribution >= 4 is 5.91 Å². The summed E-state index contributed by atoms with van der Waals surface area (Å²) in [5.74, 6) is 5.48. The van der Waals surface area contributed by atoms with Crippen molar-refractivity contribution in [2.75, 3.05) is 0 Å². The van der Waals surface area contributed by atoms with Gasteiger partial charge in [0.25, 0.3) is 0 Å². The summed E-state index contributed by atoms with van der Waals surface area (Å²) in [4.78, 5) is 11.5. The van der Waals surface area contributed by atoms with Crippen LogP contribution in [-0.2, 0) is 4.79 Å². The topological polar surface area (TPSA) is 46.3 Å². The number of rotatable bonds is 0. The number of amides is 1. The quantitative estimate of drug-likeness (QED) is 0.437. The van der Waals surface area contributed by atoms with Crippen molar-refractivity contribution in [1.29, 1.82) is 0 Å². The molecule has 0 spiro atoms. The second kappa shape index (κ2) is 2.59. The third-order valence-electron chi connectivity index (χ3n) is 2.36. The lowest BCUT2D eigenvalue weighted by Gasteiger charge is -2.24. The van der Waals surface area contributed by atoms with E-state index in [9.17, 15) is 4.79 Å². The van der Waals surface area contributed by atoms with Gasteiger partial charge in [-0.25, -0.2) is 5.84 Å². The Labute approximate surface area is 73.2 Å². The van der Waals surface area contributed by atoms with Gasteiger partial charge in [-0.15, -0.1) is 0 Å². The SMILES string of the molecule is C=C1CC(C(C)(C)C)C(=O)N1N. The molecule has 0 aromatic heterocycles. The first kappa shape index (κ1) is 9.26. The van der Waals surface area contributed by atoms with Crippen molar-refractivity contribution < 1.29 is 4.79 Å². The van der Waals surface area contributed by atoms with E-state index in [1.165, 1.54) is 5.01 Å². The van der Waals surface area contributed by atoms with E-state index in [1.807, 2.05) is 20.8 Å². The Morgan fingerprint density at radius 3 is 2.25 bits per heavy atom. The van der Waals surface area contributed by atoms with Crippen LogP contribution in [0.25, 0.3) is 0 Å². The molecule has 1 atom stereocenters. The van der Waals surface area contributed by atoms with Gasteiger partial charge in [-0.3, -0.25) is 9.80 Å². The van der Waals surface area contributed by atoms with Crippen LogP contribution < -0.4 is 5.84 Å². The molecule has 2 N–H and O–H groups in total. The van der Waals surface area contributed by atoms with E-state index in [4.69, 9.17) is 5.84 Å². The van der Waals surface area contributed by atoms with Crippen LogP contribution in [0.5, 0.6) is 0 Å². The molecule has 0 saturated carbocycles. The van der Waals surface area contributed by atoms with Gasteiger partial charge in [-0.05, 0) is 5.41 Å². The average molecular weight is 168 g/mol. The van der Waals surface area contributed by atoms with Gasteiger partial charge < -0.3 is 0 Å². The molecule has 12 heavy (non-hydrogen) atoms. The maximum atomic E-state index is 11.5. The van der Waals surface area contributed by atoms with E-state index in [-0.39, 0.29) is 17.2 Å². The molecule has 1 heterocycles. The largest absolute Gasteiger partial charge is 0.273 e. The van der Waals surface area contributed by atoms with Gasteiger partial charge in [0.2, 0.25) is 5.91 Å². The smallest absolute Gasteiger partial charge is 0.244 e. The number of hydrazine groups is 1. The summed E-state index contributed by atoms with van der Waals surface area (Å²) in [6.45, 7) is 9.86. The van der Waals surface area contributed by atoms with Gasteiger partial charge in [0.15, 0.2) is 0 Å². The van der Waals surface area contributed by atoms with E-state index >= 15 is 0 Å². The Bertz CT molecular complexity index is 227. The molecule has 68 valence electrons. The minimum Gasteiger partial charge on any atom is -0.273 e. The van der Waals surface area contributed by atoms with E-state index in [2.05, 4.69) is 6.58 Å². The number of hydrogen-bond acceptors (Lipinski definition) is 2. The molecular weight excluding hydrogens is 152 g/mol. The molecule has 1 amide bonds. The van der Waals surface area contributed by atoms with Crippen LogP contribution >= 0.6 is 0 Å². The van der Waals surface area contributed by atoms with Crippen molar-refractivity contribution in [2.45, 2.75) is 27.2 Å². The highest BCUT2D eigenvalue weighted by Crippen LogP contribution is 2.37. The Kier molecular flexibility index (Phi) is 2.00. The van der Waals surface area contributed by atoms with Gasteiger partial charge in [-0.2, -0.15) is 0 Å². The molecule has 0 aromatic carbocycles. The van der Waals surface area contributed by atoms with Crippen molar-refractivity contribution in [1.82, 2.24) is 5.01 Å². The summed E-state index contributed by atoms with van der Waals surface area (Å²) in [5.41, 5.74) is 0.702. The second-order valence-corrected chi connectivity index (χ2v) is 4.40. The molecule has 0 radical (unpaired) electrons. The summed E-state index contributed by atoms with van der Waals surface area (Å²) in [7, 11) is 0. The molecule has 0 aliphatic carbocycles. The summed E-state index contributed by atoms with van der Waals surface area (Å²) in [5, 5.41) is 1.18. The summed E-state index contributed by atoms with van der Waals surface area (Å²) in [6.07, 6.45) is 0.693. The normalized spacial score (nSPS) is 25.3. The van der Waals surface area contributed by atoms with Crippen LogP contribution in [0, 0.1) is 11.3 Å². The zero-order chi connectivity index (χ0) is 9.52. The molecule has 0 bridgehead atoms. The molecule has 3 nitrogen and oxygen atoms in total. The van der Waals surface area contributed by atoms with Crippen LogP contribution in [0.2, 0.25) is 0 Å². The molecule has 1 aliphatic rings. The van der Waals surface area contributed by atoms with Gasteiger partial charge in [0, 0.05) is 12.1 Å². The molecule has 0 aromatic rings. The van der Waals surface area contributed by atoms with Gasteiger partial charge >= 0.3 is 0 Å². The van der Waals surface area contributed by atoms with Crippen LogP contribution in [0.4, 0.5) is 0 Å².